The van der Waals surface area contributed by atoms with Gasteiger partial charge in [-0.1, -0.05) is 13.8 Å². The zero-order valence-corrected chi connectivity index (χ0v) is 7.51. The molecule has 0 aliphatic carbocycles. The Bertz CT molecular complexity index is 149. The summed E-state index contributed by atoms with van der Waals surface area (Å²) in [6.45, 7) is 8.20. The van der Waals surface area contributed by atoms with Gasteiger partial charge in [-0.25, -0.2) is 0 Å². The average Bonchev–Trinajstić information content (AvgIpc) is 1.82. The molecule has 1 heterocycles. The Hall–Kier alpha value is -0.480. The summed E-state index contributed by atoms with van der Waals surface area (Å²) < 4.78 is 0. The lowest BCUT2D eigenvalue weighted by molar-refractivity contribution is 0.0903. The van der Waals surface area contributed by atoms with E-state index in [4.69, 9.17) is 6.42 Å². The van der Waals surface area contributed by atoms with Crippen molar-refractivity contribution < 1.29 is 0 Å². The van der Waals surface area contributed by atoms with Crippen molar-refractivity contribution in [3.63, 3.8) is 0 Å². The lowest BCUT2D eigenvalue weighted by Crippen LogP contribution is -2.47. The van der Waals surface area contributed by atoms with Crippen LogP contribution >= 0.6 is 0 Å². The monoisotopic (exact) mass is 151 g/mol. The molecule has 0 aromatic carbocycles. The van der Waals surface area contributed by atoms with Gasteiger partial charge in [0.05, 0.1) is 0 Å². The summed E-state index contributed by atoms with van der Waals surface area (Å²) in [7, 11) is 0. The second kappa shape index (κ2) is 3.78. The van der Waals surface area contributed by atoms with Gasteiger partial charge in [0.25, 0.3) is 0 Å². The summed E-state index contributed by atoms with van der Waals surface area (Å²) in [4.78, 5) is 2.48. The fraction of sp³-hybridized carbons (Fsp3) is 0.800. The molecule has 0 saturated carbocycles. The van der Waals surface area contributed by atoms with Crippen LogP contribution in [-0.2, 0) is 0 Å². The van der Waals surface area contributed by atoms with Gasteiger partial charge in [-0.3, -0.25) is 0 Å². The Morgan fingerprint density at radius 2 is 2.18 bits per heavy atom. The van der Waals surface area contributed by atoms with Crippen molar-refractivity contribution in [2.45, 2.75) is 20.3 Å². The molecule has 0 amide bonds. The van der Waals surface area contributed by atoms with Crippen molar-refractivity contribution in [1.29, 1.82) is 0 Å². The van der Waals surface area contributed by atoms with Gasteiger partial charge in [-0.2, -0.15) is 0 Å². The summed E-state index contributed by atoms with van der Waals surface area (Å²) in [5.74, 6) is 4.30. The van der Waals surface area contributed by atoms with Gasteiger partial charge < -0.3 is 4.90 Å². The van der Waals surface area contributed by atoms with Gasteiger partial charge in [-0.15, -0.1) is 12.3 Å². The molecule has 0 atom stereocenters. The molecule has 1 saturated heterocycles. The molecule has 0 bridgehead atoms. The molecule has 0 aromatic rings. The normalized spacial score (nSPS) is 19.8. The molecule has 0 aromatic heterocycles. The molecule has 0 unspecified atom stereocenters. The molecule has 0 spiro atoms. The summed E-state index contributed by atoms with van der Waals surface area (Å²) in [6, 6.07) is 0. The largest absolute Gasteiger partial charge is 0.302 e. The highest BCUT2D eigenvalue weighted by Gasteiger charge is 2.25. The fourth-order valence-corrected chi connectivity index (χ4v) is 1.64. The van der Waals surface area contributed by atoms with Gasteiger partial charge in [0, 0.05) is 26.1 Å². The minimum Gasteiger partial charge on any atom is -0.302 e. The van der Waals surface area contributed by atoms with E-state index in [0.717, 1.165) is 18.3 Å². The lowest BCUT2D eigenvalue weighted by atomic mass is 9.96. The second-order valence-electron chi connectivity index (χ2n) is 3.89. The second-order valence-corrected chi connectivity index (χ2v) is 3.89. The maximum Gasteiger partial charge on any atom is 0.0139 e. The Morgan fingerprint density at radius 1 is 1.55 bits per heavy atom. The predicted molar refractivity (Wildman–Crippen MR) is 48.2 cm³/mol. The van der Waals surface area contributed by atoms with Gasteiger partial charge in [-0.05, 0) is 11.8 Å². The number of terminal acetylenes is 1. The summed E-state index contributed by atoms with van der Waals surface area (Å²) in [5, 5.41) is 0. The standard InChI is InChI=1S/C10H17N/c1-4-5-10-7-11(8-10)6-9(2)3/h1,9-10H,5-8H2,2-3H3. The zero-order valence-electron chi connectivity index (χ0n) is 7.51. The molecule has 1 nitrogen and oxygen atoms in total. The van der Waals surface area contributed by atoms with Crippen LogP contribution in [0, 0.1) is 24.2 Å². The molecule has 1 rings (SSSR count). The van der Waals surface area contributed by atoms with Crippen LogP contribution in [0.3, 0.4) is 0 Å². The molecule has 62 valence electrons. The number of likely N-dealkylation sites (tertiary alicyclic amines) is 1. The first kappa shape index (κ1) is 8.62. The van der Waals surface area contributed by atoms with E-state index in [2.05, 4.69) is 24.7 Å². The average molecular weight is 151 g/mol. The SMILES string of the molecule is C#CCC1CN(CC(C)C)C1. The van der Waals surface area contributed by atoms with E-state index in [1.165, 1.54) is 19.6 Å². The van der Waals surface area contributed by atoms with Crippen molar-refractivity contribution in [3.05, 3.63) is 0 Å². The van der Waals surface area contributed by atoms with Gasteiger partial charge >= 0.3 is 0 Å². The van der Waals surface area contributed by atoms with Crippen LogP contribution in [0.4, 0.5) is 0 Å². The Labute approximate surface area is 69.8 Å². The Morgan fingerprint density at radius 3 is 2.64 bits per heavy atom. The molecule has 1 fully saturated rings. The summed E-state index contributed by atoms with van der Waals surface area (Å²) >= 11 is 0. The van der Waals surface area contributed by atoms with Crippen molar-refractivity contribution in [1.82, 2.24) is 4.90 Å². The number of hydrogen-bond acceptors (Lipinski definition) is 1. The lowest BCUT2D eigenvalue weighted by Gasteiger charge is -2.39. The van der Waals surface area contributed by atoms with E-state index in [1.54, 1.807) is 0 Å². The highest BCUT2D eigenvalue weighted by atomic mass is 15.2. The maximum absolute atomic E-state index is 5.22. The van der Waals surface area contributed by atoms with Crippen LogP contribution in [0.15, 0.2) is 0 Å². The van der Waals surface area contributed by atoms with Crippen LogP contribution in [0.2, 0.25) is 0 Å². The third-order valence-electron chi connectivity index (χ3n) is 2.06. The first-order valence-electron chi connectivity index (χ1n) is 4.38. The van der Waals surface area contributed by atoms with Gasteiger partial charge in [0.15, 0.2) is 0 Å². The fourth-order valence-electron chi connectivity index (χ4n) is 1.64. The maximum atomic E-state index is 5.22. The van der Waals surface area contributed by atoms with Crippen LogP contribution in [-0.4, -0.2) is 24.5 Å². The van der Waals surface area contributed by atoms with E-state index < -0.39 is 0 Å². The number of nitrogens with zero attached hydrogens (tertiary/aromatic N) is 1. The minimum absolute atomic E-state index is 0.791. The van der Waals surface area contributed by atoms with E-state index in [0.29, 0.717) is 0 Å². The van der Waals surface area contributed by atoms with Gasteiger partial charge in [0.2, 0.25) is 0 Å². The third-order valence-corrected chi connectivity index (χ3v) is 2.06. The molecular formula is C10H17N. The quantitative estimate of drug-likeness (QED) is 0.554. The predicted octanol–water partition coefficient (Wildman–Crippen LogP) is 1.60. The minimum atomic E-state index is 0.791. The zero-order chi connectivity index (χ0) is 8.27. The van der Waals surface area contributed by atoms with Crippen LogP contribution in [0.25, 0.3) is 0 Å². The number of hydrogen-bond donors (Lipinski definition) is 0. The van der Waals surface area contributed by atoms with Crippen LogP contribution < -0.4 is 0 Å². The molecule has 0 radical (unpaired) electrons. The van der Waals surface area contributed by atoms with Crippen LogP contribution in [0.1, 0.15) is 20.3 Å². The highest BCUT2D eigenvalue weighted by molar-refractivity contribution is 4.92. The summed E-state index contributed by atoms with van der Waals surface area (Å²) in [6.07, 6.45) is 6.18. The molecule has 1 heteroatoms. The smallest absolute Gasteiger partial charge is 0.0139 e. The first-order chi connectivity index (χ1) is 5.22. The topological polar surface area (TPSA) is 3.24 Å². The summed E-state index contributed by atoms with van der Waals surface area (Å²) in [5.41, 5.74) is 0. The molecule has 1 aliphatic heterocycles. The van der Waals surface area contributed by atoms with Crippen molar-refractivity contribution in [3.8, 4) is 12.3 Å². The van der Waals surface area contributed by atoms with E-state index in [9.17, 15) is 0 Å². The van der Waals surface area contributed by atoms with E-state index >= 15 is 0 Å². The first-order valence-corrected chi connectivity index (χ1v) is 4.38. The van der Waals surface area contributed by atoms with E-state index in [1.807, 2.05) is 0 Å². The Balaban J connectivity index is 2.06. The van der Waals surface area contributed by atoms with Crippen molar-refractivity contribution >= 4 is 0 Å². The van der Waals surface area contributed by atoms with Crippen molar-refractivity contribution in [2.75, 3.05) is 19.6 Å². The molecule has 0 N–H and O–H groups in total. The van der Waals surface area contributed by atoms with Gasteiger partial charge in [0.1, 0.15) is 0 Å². The van der Waals surface area contributed by atoms with E-state index in [-0.39, 0.29) is 0 Å². The third kappa shape index (κ3) is 2.55. The van der Waals surface area contributed by atoms with Crippen molar-refractivity contribution in [2.24, 2.45) is 11.8 Å². The molecular weight excluding hydrogens is 134 g/mol. The van der Waals surface area contributed by atoms with Crippen LogP contribution in [0.5, 0.6) is 0 Å². The number of rotatable bonds is 3. The highest BCUT2D eigenvalue weighted by Crippen LogP contribution is 2.19. The molecule has 1 aliphatic rings. The Kier molecular flexibility index (Phi) is 2.96. The molecule has 11 heavy (non-hydrogen) atoms.